The summed E-state index contributed by atoms with van der Waals surface area (Å²) in [4.78, 5) is 0. The van der Waals surface area contributed by atoms with Gasteiger partial charge in [-0.2, -0.15) is 0 Å². The van der Waals surface area contributed by atoms with Crippen LogP contribution in [0.25, 0.3) is 0 Å². The fourth-order valence-electron chi connectivity index (χ4n) is 0.315. The molecule has 0 aromatic carbocycles. The first-order chi connectivity index (χ1) is 4.35. The number of rotatable bonds is 2. The first-order valence-electron chi connectivity index (χ1n) is 2.37. The summed E-state index contributed by atoms with van der Waals surface area (Å²) in [6.45, 7) is 0. The summed E-state index contributed by atoms with van der Waals surface area (Å²) in [5.41, 5.74) is 2.68. The minimum Gasteiger partial charge on any atom is -0.391 e. The normalized spacial score (nSPS) is 7.78. The number of hydrogen-bond donors (Lipinski definition) is 0. The molecular formula is C6H8O2Si. The molecule has 3 heteroatoms. The van der Waals surface area contributed by atoms with Crippen molar-refractivity contribution in [3.63, 3.8) is 0 Å². The second-order valence-corrected chi connectivity index (χ2v) is 3.11. The molecule has 0 N–H and O–H groups in total. The van der Waals surface area contributed by atoms with Crippen molar-refractivity contribution < 1.29 is 8.85 Å². The Kier molecular flexibility index (Phi) is 4.95. The molecule has 0 atom stereocenters. The molecule has 48 valence electrons. The van der Waals surface area contributed by atoms with Crippen LogP contribution in [0.3, 0.4) is 0 Å². The fraction of sp³-hybridized carbons (Fsp3) is 0.333. The van der Waals surface area contributed by atoms with Gasteiger partial charge in [0, 0.05) is 14.2 Å². The molecule has 0 saturated heterocycles. The van der Waals surface area contributed by atoms with E-state index in [4.69, 9.17) is 15.3 Å². The maximum absolute atomic E-state index is 4.87. The molecule has 0 unspecified atom stereocenters. The Balaban J connectivity index is 3.71. The Morgan fingerprint density at radius 3 is 2.22 bits per heavy atom. The predicted octanol–water partition coefficient (Wildman–Crippen LogP) is -0.325. The van der Waals surface area contributed by atoms with E-state index in [2.05, 4.69) is 17.4 Å². The van der Waals surface area contributed by atoms with Gasteiger partial charge in [-0.25, -0.2) is 0 Å². The molecule has 0 radical (unpaired) electrons. The lowest BCUT2D eigenvalue weighted by molar-refractivity contribution is 0.293. The summed E-state index contributed by atoms with van der Waals surface area (Å²) in [7, 11) is 1.41. The van der Waals surface area contributed by atoms with Crippen molar-refractivity contribution in [2.45, 2.75) is 0 Å². The zero-order chi connectivity index (χ0) is 7.11. The Hall–Kier alpha value is -0.743. The first-order valence-corrected chi connectivity index (χ1v) is 3.89. The third-order valence-electron chi connectivity index (χ3n) is 0.690. The van der Waals surface area contributed by atoms with Gasteiger partial charge in [0.05, 0.1) is 0 Å². The molecule has 0 bridgehead atoms. The zero-order valence-corrected chi connectivity index (χ0v) is 6.63. The lowest BCUT2D eigenvalue weighted by Gasteiger charge is -1.99. The highest BCUT2D eigenvalue weighted by Crippen LogP contribution is 1.78. The molecule has 0 heterocycles. The van der Waals surface area contributed by atoms with E-state index in [1.807, 2.05) is 0 Å². The summed E-state index contributed by atoms with van der Waals surface area (Å²) in [6.07, 6.45) is 4.87. The first kappa shape index (κ1) is 8.26. The fourth-order valence-corrected chi connectivity index (χ4v) is 0.944. The van der Waals surface area contributed by atoms with E-state index in [0.717, 1.165) is 0 Å². The van der Waals surface area contributed by atoms with Crippen LogP contribution in [-0.2, 0) is 8.85 Å². The predicted molar refractivity (Wildman–Crippen MR) is 37.8 cm³/mol. The van der Waals surface area contributed by atoms with Gasteiger partial charge < -0.3 is 8.85 Å². The van der Waals surface area contributed by atoms with Crippen LogP contribution in [0.1, 0.15) is 0 Å². The Labute approximate surface area is 57.0 Å². The molecule has 0 aliphatic carbocycles. The maximum Gasteiger partial charge on any atom is 0.407 e. The summed E-state index contributed by atoms with van der Waals surface area (Å²) in [6, 6.07) is 0. The average molecular weight is 140 g/mol. The van der Waals surface area contributed by atoms with Crippen LogP contribution >= 0.6 is 0 Å². The molecule has 0 spiro atoms. The Morgan fingerprint density at radius 1 is 1.33 bits per heavy atom. The monoisotopic (exact) mass is 140 g/mol. The van der Waals surface area contributed by atoms with E-state index in [-0.39, 0.29) is 0 Å². The lowest BCUT2D eigenvalue weighted by atomic mass is 10.7. The van der Waals surface area contributed by atoms with Crippen molar-refractivity contribution in [2.24, 2.45) is 0 Å². The molecule has 9 heavy (non-hydrogen) atoms. The van der Waals surface area contributed by atoms with Gasteiger partial charge in [-0.05, 0) is 11.8 Å². The Morgan fingerprint density at radius 2 is 1.89 bits per heavy atom. The van der Waals surface area contributed by atoms with Gasteiger partial charge in [-0.1, -0.05) is 5.54 Å². The highest BCUT2D eigenvalue weighted by Gasteiger charge is 2.01. The number of terminal acetylenes is 1. The molecule has 0 saturated carbocycles. The molecule has 2 nitrogen and oxygen atoms in total. The van der Waals surface area contributed by atoms with Gasteiger partial charge in [-0.3, -0.25) is 0 Å². The average Bonchev–Trinajstić information content (AvgIpc) is 1.91. The molecule has 0 fully saturated rings. The van der Waals surface area contributed by atoms with Gasteiger partial charge >= 0.3 is 9.28 Å². The molecule has 0 aromatic rings. The van der Waals surface area contributed by atoms with E-state index in [9.17, 15) is 0 Å². The third kappa shape index (κ3) is 3.81. The van der Waals surface area contributed by atoms with Crippen molar-refractivity contribution in [3.8, 4) is 23.8 Å². The minimum absolute atomic E-state index is 1.56. The smallest absolute Gasteiger partial charge is 0.391 e. The molecular weight excluding hydrogens is 132 g/mol. The molecule has 0 amide bonds. The van der Waals surface area contributed by atoms with Gasteiger partial charge in [0.1, 0.15) is 0 Å². The summed E-state index contributed by atoms with van der Waals surface area (Å²) in [5.74, 6) is 4.62. The van der Waals surface area contributed by atoms with E-state index in [0.29, 0.717) is 0 Å². The van der Waals surface area contributed by atoms with Gasteiger partial charge in [0.15, 0.2) is 0 Å². The Bertz CT molecular complexity index is 156. The molecule has 0 rings (SSSR count). The van der Waals surface area contributed by atoms with Crippen molar-refractivity contribution in [2.75, 3.05) is 14.2 Å². The summed E-state index contributed by atoms with van der Waals surface area (Å²) >= 11 is 0. The summed E-state index contributed by atoms with van der Waals surface area (Å²) in [5, 5.41) is 0. The van der Waals surface area contributed by atoms with Crippen LogP contribution in [0, 0.1) is 23.8 Å². The molecule has 0 aliphatic heterocycles. The van der Waals surface area contributed by atoms with Crippen LogP contribution in [0.4, 0.5) is 0 Å². The van der Waals surface area contributed by atoms with Gasteiger partial charge in [0.25, 0.3) is 0 Å². The van der Waals surface area contributed by atoms with Crippen molar-refractivity contribution in [1.29, 1.82) is 0 Å². The van der Waals surface area contributed by atoms with Crippen molar-refractivity contribution in [1.82, 2.24) is 0 Å². The van der Waals surface area contributed by atoms with E-state index >= 15 is 0 Å². The third-order valence-corrected chi connectivity index (χ3v) is 1.93. The van der Waals surface area contributed by atoms with Gasteiger partial charge in [-0.15, -0.1) is 6.42 Å². The van der Waals surface area contributed by atoms with E-state index in [1.165, 1.54) is 0 Å². The van der Waals surface area contributed by atoms with Crippen LogP contribution in [-0.4, -0.2) is 23.5 Å². The SMILES string of the molecule is C#CC#C[SiH](OC)OC. The van der Waals surface area contributed by atoms with Crippen LogP contribution < -0.4 is 0 Å². The maximum atomic E-state index is 4.87. The van der Waals surface area contributed by atoms with E-state index < -0.39 is 9.28 Å². The standard InChI is InChI=1S/C6H8O2Si/c1-4-5-6-9(7-2)8-3/h1,9H,2-3H3. The summed E-state index contributed by atoms with van der Waals surface area (Å²) < 4.78 is 9.70. The van der Waals surface area contributed by atoms with Crippen LogP contribution in [0.5, 0.6) is 0 Å². The second-order valence-electron chi connectivity index (χ2n) is 1.22. The van der Waals surface area contributed by atoms with Gasteiger partial charge in [0.2, 0.25) is 0 Å². The topological polar surface area (TPSA) is 18.5 Å². The van der Waals surface area contributed by atoms with Crippen molar-refractivity contribution >= 4 is 9.28 Å². The number of hydrogen-bond acceptors (Lipinski definition) is 2. The quantitative estimate of drug-likeness (QED) is 0.386. The zero-order valence-electron chi connectivity index (χ0n) is 5.47. The van der Waals surface area contributed by atoms with Crippen LogP contribution in [0.2, 0.25) is 0 Å². The van der Waals surface area contributed by atoms with Crippen molar-refractivity contribution in [3.05, 3.63) is 0 Å². The molecule has 0 aromatic heterocycles. The highest BCUT2D eigenvalue weighted by atomic mass is 28.3. The van der Waals surface area contributed by atoms with E-state index in [1.54, 1.807) is 14.2 Å². The highest BCUT2D eigenvalue weighted by molar-refractivity contribution is 6.54. The minimum atomic E-state index is -1.71. The largest absolute Gasteiger partial charge is 0.407 e. The molecule has 0 aliphatic rings. The lowest BCUT2D eigenvalue weighted by Crippen LogP contribution is -2.16. The second kappa shape index (κ2) is 5.39. The van der Waals surface area contributed by atoms with Crippen LogP contribution in [0.15, 0.2) is 0 Å².